The number of aryl methyl sites for hydroxylation is 1. The summed E-state index contributed by atoms with van der Waals surface area (Å²) >= 11 is 0. The second-order valence-electron chi connectivity index (χ2n) is 4.16. The molecule has 7 heteroatoms. The Labute approximate surface area is 112 Å². The van der Waals surface area contributed by atoms with Crippen molar-refractivity contribution >= 4 is 10.0 Å². The monoisotopic (exact) mass is 280 g/mol. The molecule has 0 fully saturated rings. The van der Waals surface area contributed by atoms with Crippen LogP contribution in [-0.2, 0) is 17.1 Å². The van der Waals surface area contributed by atoms with Crippen LogP contribution in [0.25, 0.3) is 0 Å². The van der Waals surface area contributed by atoms with Crippen LogP contribution in [0.5, 0.6) is 0 Å². The Hall–Kier alpha value is -1.70. The van der Waals surface area contributed by atoms with E-state index in [1.165, 1.54) is 16.9 Å². The molecule has 1 unspecified atom stereocenters. The van der Waals surface area contributed by atoms with E-state index in [9.17, 15) is 8.42 Å². The molecule has 6 nitrogen and oxygen atoms in total. The fourth-order valence-corrected chi connectivity index (χ4v) is 2.90. The van der Waals surface area contributed by atoms with Gasteiger partial charge in [0.1, 0.15) is 0 Å². The lowest BCUT2D eigenvalue weighted by Crippen LogP contribution is -2.32. The largest absolute Gasteiger partial charge is 0.323 e. The van der Waals surface area contributed by atoms with Crippen molar-refractivity contribution in [2.45, 2.75) is 11.1 Å². The predicted octanol–water partition coefficient (Wildman–Crippen LogP) is 0.398. The Balaban J connectivity index is 2.05. The predicted molar refractivity (Wildman–Crippen MR) is 71.8 cm³/mol. The number of nitrogens with zero attached hydrogens (tertiary/aromatic N) is 2. The maximum Gasteiger partial charge on any atom is 0.257 e. The fraction of sp³-hybridized carbons (Fsp3) is 0.250. The van der Waals surface area contributed by atoms with Gasteiger partial charge >= 0.3 is 0 Å². The highest BCUT2D eigenvalue weighted by Gasteiger charge is 2.18. The maximum atomic E-state index is 12.0. The number of hydrogen-bond acceptors (Lipinski definition) is 4. The molecule has 0 bridgehead atoms. The van der Waals surface area contributed by atoms with Gasteiger partial charge in [0, 0.05) is 19.6 Å². The summed E-state index contributed by atoms with van der Waals surface area (Å²) in [5.74, 6) is 0. The molecular formula is C12H16N4O2S. The van der Waals surface area contributed by atoms with Crippen LogP contribution in [0, 0.1) is 0 Å². The molecular weight excluding hydrogens is 264 g/mol. The SMILES string of the molecule is Cn1nccc1S(=O)(=O)NCC(N)c1ccccc1. The van der Waals surface area contributed by atoms with Crippen LogP contribution in [0.3, 0.4) is 0 Å². The van der Waals surface area contributed by atoms with Gasteiger partial charge in [-0.05, 0) is 11.6 Å². The molecule has 3 N–H and O–H groups in total. The number of hydrogen-bond donors (Lipinski definition) is 2. The van der Waals surface area contributed by atoms with E-state index in [1.54, 1.807) is 7.05 Å². The lowest BCUT2D eigenvalue weighted by atomic mass is 10.1. The molecule has 0 saturated carbocycles. The van der Waals surface area contributed by atoms with Crippen LogP contribution < -0.4 is 10.5 Å². The van der Waals surface area contributed by atoms with Gasteiger partial charge in [0.2, 0.25) is 0 Å². The molecule has 0 aliphatic carbocycles. The Bertz CT molecular complexity index is 637. The number of rotatable bonds is 5. The van der Waals surface area contributed by atoms with Crippen molar-refractivity contribution in [2.24, 2.45) is 12.8 Å². The van der Waals surface area contributed by atoms with Crippen molar-refractivity contribution in [3.05, 3.63) is 48.2 Å². The lowest BCUT2D eigenvalue weighted by molar-refractivity contribution is 0.555. The molecule has 0 aliphatic rings. The molecule has 19 heavy (non-hydrogen) atoms. The smallest absolute Gasteiger partial charge is 0.257 e. The highest BCUT2D eigenvalue weighted by Crippen LogP contribution is 2.10. The number of nitrogens with two attached hydrogens (primary N) is 1. The third-order valence-electron chi connectivity index (χ3n) is 2.77. The number of aromatic nitrogens is 2. The Morgan fingerprint density at radius 2 is 2.00 bits per heavy atom. The first-order valence-corrected chi connectivity index (χ1v) is 7.27. The standard InChI is InChI=1S/C12H16N4O2S/c1-16-12(7-8-14-16)19(17,18)15-9-11(13)10-5-3-2-4-6-10/h2-8,11,15H,9,13H2,1H3. The highest BCUT2D eigenvalue weighted by atomic mass is 32.2. The van der Waals surface area contributed by atoms with Crippen LogP contribution >= 0.6 is 0 Å². The molecule has 1 aromatic heterocycles. The summed E-state index contributed by atoms with van der Waals surface area (Å²) < 4.78 is 27.8. The molecule has 1 aromatic carbocycles. The highest BCUT2D eigenvalue weighted by molar-refractivity contribution is 7.89. The lowest BCUT2D eigenvalue weighted by Gasteiger charge is -2.13. The molecule has 0 radical (unpaired) electrons. The zero-order chi connectivity index (χ0) is 13.9. The number of nitrogens with one attached hydrogen (secondary N) is 1. The van der Waals surface area contributed by atoms with E-state index in [-0.39, 0.29) is 17.6 Å². The van der Waals surface area contributed by atoms with Crippen LogP contribution in [0.2, 0.25) is 0 Å². The first-order valence-electron chi connectivity index (χ1n) is 5.79. The summed E-state index contributed by atoms with van der Waals surface area (Å²) in [5, 5.41) is 3.95. The summed E-state index contributed by atoms with van der Waals surface area (Å²) in [6, 6.07) is 10.4. The summed E-state index contributed by atoms with van der Waals surface area (Å²) in [5.41, 5.74) is 6.83. The zero-order valence-corrected chi connectivity index (χ0v) is 11.3. The van der Waals surface area contributed by atoms with Gasteiger partial charge in [0.05, 0.1) is 6.20 Å². The molecule has 2 aromatic rings. The van der Waals surface area contributed by atoms with E-state index in [2.05, 4.69) is 9.82 Å². The van der Waals surface area contributed by atoms with E-state index >= 15 is 0 Å². The maximum absolute atomic E-state index is 12.0. The summed E-state index contributed by atoms with van der Waals surface area (Å²) in [6.45, 7) is 0.136. The number of sulfonamides is 1. The first kappa shape index (κ1) is 13.7. The molecule has 0 amide bonds. The van der Waals surface area contributed by atoms with Crippen molar-refractivity contribution in [1.29, 1.82) is 0 Å². The van der Waals surface area contributed by atoms with Gasteiger partial charge in [0.25, 0.3) is 10.0 Å². The fourth-order valence-electron chi connectivity index (χ4n) is 1.72. The van der Waals surface area contributed by atoms with E-state index in [0.29, 0.717) is 0 Å². The topological polar surface area (TPSA) is 90.0 Å². The molecule has 1 atom stereocenters. The second-order valence-corrected chi connectivity index (χ2v) is 5.88. The van der Waals surface area contributed by atoms with Gasteiger partial charge in [-0.3, -0.25) is 4.68 Å². The summed E-state index contributed by atoms with van der Waals surface area (Å²) in [6.07, 6.45) is 1.44. The van der Waals surface area contributed by atoms with Gasteiger partial charge < -0.3 is 5.73 Å². The molecule has 1 heterocycles. The van der Waals surface area contributed by atoms with E-state index in [4.69, 9.17) is 5.73 Å². The minimum Gasteiger partial charge on any atom is -0.323 e. The summed E-state index contributed by atoms with van der Waals surface area (Å²) in [7, 11) is -2.01. The molecule has 102 valence electrons. The number of benzene rings is 1. The minimum atomic E-state index is -3.58. The van der Waals surface area contributed by atoms with E-state index < -0.39 is 10.0 Å². The van der Waals surface area contributed by atoms with Crippen molar-refractivity contribution < 1.29 is 8.42 Å². The van der Waals surface area contributed by atoms with Gasteiger partial charge in [-0.1, -0.05) is 30.3 Å². The Morgan fingerprint density at radius 1 is 1.32 bits per heavy atom. The Kier molecular flexibility index (Phi) is 3.98. The Morgan fingerprint density at radius 3 is 2.58 bits per heavy atom. The average molecular weight is 280 g/mol. The quantitative estimate of drug-likeness (QED) is 0.829. The minimum absolute atomic E-state index is 0.118. The summed E-state index contributed by atoms with van der Waals surface area (Å²) in [4.78, 5) is 0. The zero-order valence-electron chi connectivity index (χ0n) is 10.5. The van der Waals surface area contributed by atoms with Crippen molar-refractivity contribution in [2.75, 3.05) is 6.54 Å². The van der Waals surface area contributed by atoms with E-state index in [0.717, 1.165) is 5.56 Å². The van der Waals surface area contributed by atoms with Gasteiger partial charge in [0.15, 0.2) is 5.03 Å². The third kappa shape index (κ3) is 3.19. The van der Waals surface area contributed by atoms with E-state index in [1.807, 2.05) is 30.3 Å². The van der Waals surface area contributed by atoms with Gasteiger partial charge in [-0.2, -0.15) is 5.10 Å². The van der Waals surface area contributed by atoms with Crippen molar-refractivity contribution in [1.82, 2.24) is 14.5 Å². The second kappa shape index (κ2) is 5.52. The molecule has 2 rings (SSSR count). The van der Waals surface area contributed by atoms with Crippen LogP contribution in [0.15, 0.2) is 47.6 Å². The molecule has 0 spiro atoms. The van der Waals surface area contributed by atoms with Gasteiger partial charge in [-0.25, -0.2) is 13.1 Å². The molecule has 0 saturated heterocycles. The average Bonchev–Trinajstić information content (AvgIpc) is 2.84. The van der Waals surface area contributed by atoms with Crippen molar-refractivity contribution in [3.63, 3.8) is 0 Å². The first-order chi connectivity index (χ1) is 9.00. The third-order valence-corrected chi connectivity index (χ3v) is 4.27. The normalized spacial score (nSPS) is 13.4. The molecule has 0 aliphatic heterocycles. The van der Waals surface area contributed by atoms with Crippen LogP contribution in [-0.4, -0.2) is 24.7 Å². The van der Waals surface area contributed by atoms with Gasteiger partial charge in [-0.15, -0.1) is 0 Å². The van der Waals surface area contributed by atoms with Crippen LogP contribution in [0.1, 0.15) is 11.6 Å². The van der Waals surface area contributed by atoms with Crippen LogP contribution in [0.4, 0.5) is 0 Å². The van der Waals surface area contributed by atoms with Crippen molar-refractivity contribution in [3.8, 4) is 0 Å².